The number of sulfonamides is 1. The van der Waals surface area contributed by atoms with Crippen LogP contribution in [0.4, 0.5) is 11.6 Å². The van der Waals surface area contributed by atoms with Crippen molar-refractivity contribution in [3.8, 4) is 0 Å². The molecule has 0 bridgehead atoms. The molecule has 2 rings (SSSR count). The van der Waals surface area contributed by atoms with Crippen molar-refractivity contribution >= 4 is 21.7 Å². The minimum Gasteiger partial charge on any atom is -0.369 e. The molecule has 0 amide bonds. The first-order valence-electron chi connectivity index (χ1n) is 7.27. The Kier molecular flexibility index (Phi) is 5.89. The first-order valence-corrected chi connectivity index (χ1v) is 8.76. The van der Waals surface area contributed by atoms with E-state index >= 15 is 0 Å². The third kappa shape index (κ3) is 5.50. The summed E-state index contributed by atoms with van der Waals surface area (Å²) in [5.74, 6) is 0.805. The van der Waals surface area contributed by atoms with Crippen molar-refractivity contribution in [2.24, 2.45) is 0 Å². The molecule has 1 aromatic carbocycles. The van der Waals surface area contributed by atoms with Crippen molar-refractivity contribution in [2.75, 3.05) is 37.2 Å². The molecule has 0 saturated carbocycles. The topological polar surface area (TPSA) is 87.2 Å². The van der Waals surface area contributed by atoms with E-state index in [-0.39, 0.29) is 10.7 Å². The predicted octanol–water partition coefficient (Wildman–Crippen LogP) is 1.64. The van der Waals surface area contributed by atoms with Gasteiger partial charge in [-0.05, 0) is 51.3 Å². The fourth-order valence-electron chi connectivity index (χ4n) is 1.89. The molecule has 7 nitrogen and oxygen atoms in total. The van der Waals surface area contributed by atoms with Crippen molar-refractivity contribution in [3.05, 3.63) is 42.5 Å². The van der Waals surface area contributed by atoms with E-state index in [4.69, 9.17) is 0 Å². The molecule has 0 radical (unpaired) electrons. The molecule has 2 aromatic rings. The second-order valence-corrected chi connectivity index (χ2v) is 6.99. The van der Waals surface area contributed by atoms with Crippen LogP contribution in [0.3, 0.4) is 0 Å². The smallest absolute Gasteiger partial charge is 0.263 e. The van der Waals surface area contributed by atoms with Crippen LogP contribution in [-0.4, -0.2) is 50.7 Å². The van der Waals surface area contributed by atoms with E-state index in [1.165, 1.54) is 12.1 Å². The highest BCUT2D eigenvalue weighted by Crippen LogP contribution is 2.14. The van der Waals surface area contributed by atoms with Gasteiger partial charge >= 0.3 is 0 Å². The molecule has 0 atom stereocenters. The van der Waals surface area contributed by atoms with E-state index in [2.05, 4.69) is 25.1 Å². The molecule has 1 aromatic heterocycles. The van der Waals surface area contributed by atoms with Crippen molar-refractivity contribution in [3.63, 3.8) is 0 Å². The number of nitrogens with zero attached hydrogens (tertiary/aromatic N) is 3. The Morgan fingerprint density at radius 3 is 2.26 bits per heavy atom. The number of aromatic nitrogens is 2. The van der Waals surface area contributed by atoms with Gasteiger partial charge in [-0.3, -0.25) is 4.72 Å². The van der Waals surface area contributed by atoms with Gasteiger partial charge in [0.2, 0.25) is 0 Å². The molecule has 0 aliphatic rings. The van der Waals surface area contributed by atoms with Crippen LogP contribution in [-0.2, 0) is 10.0 Å². The molecule has 1 heterocycles. The molecule has 0 aliphatic carbocycles. The fraction of sp³-hybridized carbons (Fsp3) is 0.333. The Labute approximate surface area is 136 Å². The van der Waals surface area contributed by atoms with Gasteiger partial charge in [-0.1, -0.05) is 18.2 Å². The van der Waals surface area contributed by atoms with E-state index in [9.17, 15) is 8.42 Å². The summed E-state index contributed by atoms with van der Waals surface area (Å²) >= 11 is 0. The third-order valence-electron chi connectivity index (χ3n) is 3.05. The van der Waals surface area contributed by atoms with Gasteiger partial charge in [0.05, 0.1) is 4.90 Å². The Balaban J connectivity index is 1.92. The standard InChI is InChI=1S/C15H21N5O2S/c1-20(2)12-6-11-16-14-9-10-15(18-17-14)19-23(21,22)13-7-4-3-5-8-13/h3-5,7-10H,6,11-12H2,1-2H3,(H,16,17)(H,18,19). The van der Waals surface area contributed by atoms with Crippen LogP contribution in [0, 0.1) is 0 Å². The fourth-order valence-corrected chi connectivity index (χ4v) is 2.91. The maximum absolute atomic E-state index is 12.2. The molecule has 2 N–H and O–H groups in total. The third-order valence-corrected chi connectivity index (χ3v) is 4.42. The zero-order valence-electron chi connectivity index (χ0n) is 13.2. The summed E-state index contributed by atoms with van der Waals surface area (Å²) in [6.07, 6.45) is 0.983. The quantitative estimate of drug-likeness (QED) is 0.713. The minimum atomic E-state index is -3.64. The van der Waals surface area contributed by atoms with Gasteiger partial charge in [0, 0.05) is 6.54 Å². The van der Waals surface area contributed by atoms with Gasteiger partial charge in [-0.15, -0.1) is 10.2 Å². The second kappa shape index (κ2) is 7.89. The Morgan fingerprint density at radius 1 is 1.00 bits per heavy atom. The molecule has 0 saturated heterocycles. The van der Waals surface area contributed by atoms with E-state index in [0.717, 1.165) is 19.5 Å². The van der Waals surface area contributed by atoms with Crippen LogP contribution in [0.15, 0.2) is 47.4 Å². The van der Waals surface area contributed by atoms with E-state index in [1.54, 1.807) is 30.3 Å². The highest BCUT2D eigenvalue weighted by Gasteiger charge is 2.14. The van der Waals surface area contributed by atoms with Crippen LogP contribution in [0.1, 0.15) is 6.42 Å². The number of nitrogens with one attached hydrogen (secondary N) is 2. The molecular formula is C15H21N5O2S. The van der Waals surface area contributed by atoms with Gasteiger partial charge < -0.3 is 10.2 Å². The van der Waals surface area contributed by atoms with Crippen LogP contribution in [0.5, 0.6) is 0 Å². The summed E-state index contributed by atoms with van der Waals surface area (Å²) in [5.41, 5.74) is 0. The van der Waals surface area contributed by atoms with Crippen LogP contribution in [0.25, 0.3) is 0 Å². The highest BCUT2D eigenvalue weighted by molar-refractivity contribution is 7.92. The lowest BCUT2D eigenvalue weighted by atomic mass is 10.4. The van der Waals surface area contributed by atoms with Gasteiger partial charge in [0.15, 0.2) is 5.82 Å². The van der Waals surface area contributed by atoms with Gasteiger partial charge in [-0.2, -0.15) is 0 Å². The van der Waals surface area contributed by atoms with Crippen LogP contribution < -0.4 is 10.0 Å². The summed E-state index contributed by atoms with van der Waals surface area (Å²) in [6, 6.07) is 11.4. The molecule has 23 heavy (non-hydrogen) atoms. The zero-order valence-corrected chi connectivity index (χ0v) is 14.0. The largest absolute Gasteiger partial charge is 0.369 e. The minimum absolute atomic E-state index is 0.188. The highest BCUT2D eigenvalue weighted by atomic mass is 32.2. The average molecular weight is 335 g/mol. The summed E-state index contributed by atoms with van der Waals surface area (Å²) in [7, 11) is 0.408. The number of anilines is 2. The lowest BCUT2D eigenvalue weighted by molar-refractivity contribution is 0.405. The molecule has 0 spiro atoms. The number of hydrogen-bond donors (Lipinski definition) is 2. The molecular weight excluding hydrogens is 314 g/mol. The van der Waals surface area contributed by atoms with Gasteiger partial charge in [0.1, 0.15) is 5.82 Å². The molecule has 0 fully saturated rings. The average Bonchev–Trinajstić information content (AvgIpc) is 2.53. The summed E-state index contributed by atoms with van der Waals surface area (Å²) < 4.78 is 26.7. The Bertz CT molecular complexity index is 702. The van der Waals surface area contributed by atoms with E-state index in [0.29, 0.717) is 5.82 Å². The second-order valence-electron chi connectivity index (χ2n) is 5.31. The predicted molar refractivity (Wildman–Crippen MR) is 90.9 cm³/mol. The van der Waals surface area contributed by atoms with Crippen molar-refractivity contribution < 1.29 is 8.42 Å². The lowest BCUT2D eigenvalue weighted by Gasteiger charge is -2.10. The van der Waals surface area contributed by atoms with Gasteiger partial charge in [0.25, 0.3) is 10.0 Å². The molecule has 124 valence electrons. The van der Waals surface area contributed by atoms with E-state index < -0.39 is 10.0 Å². The summed E-state index contributed by atoms with van der Waals surface area (Å²) in [6.45, 7) is 1.76. The maximum atomic E-state index is 12.2. The Hall–Kier alpha value is -2.19. The number of hydrogen-bond acceptors (Lipinski definition) is 6. The molecule has 0 aliphatic heterocycles. The summed E-state index contributed by atoms with van der Waals surface area (Å²) in [5, 5.41) is 11.0. The van der Waals surface area contributed by atoms with Crippen molar-refractivity contribution in [1.29, 1.82) is 0 Å². The zero-order chi connectivity index (χ0) is 16.7. The number of benzene rings is 1. The maximum Gasteiger partial charge on any atom is 0.263 e. The SMILES string of the molecule is CN(C)CCCNc1ccc(NS(=O)(=O)c2ccccc2)nn1. The lowest BCUT2D eigenvalue weighted by Crippen LogP contribution is -2.17. The molecule has 8 heteroatoms. The van der Waals surface area contributed by atoms with Crippen LogP contribution in [0.2, 0.25) is 0 Å². The molecule has 0 unspecified atom stereocenters. The van der Waals surface area contributed by atoms with E-state index in [1.807, 2.05) is 14.1 Å². The van der Waals surface area contributed by atoms with Crippen LogP contribution >= 0.6 is 0 Å². The Morgan fingerprint density at radius 2 is 1.65 bits per heavy atom. The van der Waals surface area contributed by atoms with Crippen molar-refractivity contribution in [1.82, 2.24) is 15.1 Å². The summed E-state index contributed by atoms with van der Waals surface area (Å²) in [4.78, 5) is 2.29. The normalized spacial score (nSPS) is 11.4. The first kappa shape index (κ1) is 17.2. The van der Waals surface area contributed by atoms with Gasteiger partial charge in [-0.25, -0.2) is 8.42 Å². The van der Waals surface area contributed by atoms with Crippen molar-refractivity contribution in [2.45, 2.75) is 11.3 Å². The monoisotopic (exact) mass is 335 g/mol. The number of rotatable bonds is 8. The first-order chi connectivity index (χ1) is 11.0.